The summed E-state index contributed by atoms with van der Waals surface area (Å²) in [4.78, 5) is 18.2. The molecule has 0 radical (unpaired) electrons. The SMILES string of the molecule is CC(c1ccncc1)N(C)C(=O)[C@H]1CCCNC1. The van der Waals surface area contributed by atoms with Crippen molar-refractivity contribution in [1.29, 1.82) is 0 Å². The normalized spacial score (nSPS) is 21.3. The molecule has 18 heavy (non-hydrogen) atoms. The Bertz CT molecular complexity index is 387. The van der Waals surface area contributed by atoms with Crippen molar-refractivity contribution in [3.05, 3.63) is 30.1 Å². The first-order chi connectivity index (χ1) is 8.70. The van der Waals surface area contributed by atoms with Crippen LogP contribution < -0.4 is 5.32 Å². The highest BCUT2D eigenvalue weighted by atomic mass is 16.2. The van der Waals surface area contributed by atoms with Crippen molar-refractivity contribution < 1.29 is 4.79 Å². The molecule has 0 aliphatic carbocycles. The van der Waals surface area contributed by atoms with E-state index in [9.17, 15) is 4.79 Å². The van der Waals surface area contributed by atoms with Gasteiger partial charge in [0.25, 0.3) is 0 Å². The van der Waals surface area contributed by atoms with Crippen molar-refractivity contribution in [2.45, 2.75) is 25.8 Å². The minimum Gasteiger partial charge on any atom is -0.339 e. The Balaban J connectivity index is 2.01. The zero-order chi connectivity index (χ0) is 13.0. The van der Waals surface area contributed by atoms with Gasteiger partial charge in [-0.3, -0.25) is 9.78 Å². The van der Waals surface area contributed by atoms with Crippen molar-refractivity contribution in [2.24, 2.45) is 5.92 Å². The molecule has 1 fully saturated rings. The average molecular weight is 247 g/mol. The number of aromatic nitrogens is 1. The van der Waals surface area contributed by atoms with Crippen LogP contribution in [0.5, 0.6) is 0 Å². The van der Waals surface area contributed by atoms with Crippen LogP contribution in [0.3, 0.4) is 0 Å². The molecule has 0 bridgehead atoms. The van der Waals surface area contributed by atoms with Crippen LogP contribution in [-0.2, 0) is 4.79 Å². The summed E-state index contributed by atoms with van der Waals surface area (Å²) < 4.78 is 0. The fourth-order valence-electron chi connectivity index (χ4n) is 2.41. The maximum atomic E-state index is 12.4. The fourth-order valence-corrected chi connectivity index (χ4v) is 2.41. The van der Waals surface area contributed by atoms with Crippen LogP contribution in [0.4, 0.5) is 0 Å². The lowest BCUT2D eigenvalue weighted by Gasteiger charge is -2.31. The highest BCUT2D eigenvalue weighted by Crippen LogP contribution is 2.21. The molecule has 4 heteroatoms. The number of nitrogens with zero attached hydrogens (tertiary/aromatic N) is 2. The number of hydrogen-bond donors (Lipinski definition) is 1. The Morgan fingerprint density at radius 1 is 1.50 bits per heavy atom. The zero-order valence-electron chi connectivity index (χ0n) is 11.1. The predicted molar refractivity (Wildman–Crippen MR) is 71.0 cm³/mol. The third kappa shape index (κ3) is 2.88. The second-order valence-corrected chi connectivity index (χ2v) is 4.95. The van der Waals surface area contributed by atoms with Gasteiger partial charge < -0.3 is 10.2 Å². The lowest BCUT2D eigenvalue weighted by molar-refractivity contribution is -0.136. The van der Waals surface area contributed by atoms with Crippen molar-refractivity contribution in [1.82, 2.24) is 15.2 Å². The Kier molecular flexibility index (Phi) is 4.31. The van der Waals surface area contributed by atoms with Crippen LogP contribution in [0.25, 0.3) is 0 Å². The topological polar surface area (TPSA) is 45.2 Å². The Labute approximate surface area is 108 Å². The van der Waals surface area contributed by atoms with E-state index in [1.54, 1.807) is 12.4 Å². The smallest absolute Gasteiger partial charge is 0.227 e. The molecular weight excluding hydrogens is 226 g/mol. The first kappa shape index (κ1) is 13.0. The second-order valence-electron chi connectivity index (χ2n) is 4.95. The average Bonchev–Trinajstić information content (AvgIpc) is 2.47. The van der Waals surface area contributed by atoms with E-state index in [2.05, 4.69) is 17.2 Å². The molecule has 0 spiro atoms. The monoisotopic (exact) mass is 247 g/mol. The summed E-state index contributed by atoms with van der Waals surface area (Å²) in [5, 5.41) is 3.29. The number of carbonyl (C=O) groups excluding carboxylic acids is 1. The molecule has 98 valence electrons. The molecule has 2 heterocycles. The molecule has 4 nitrogen and oxygen atoms in total. The van der Waals surface area contributed by atoms with Gasteiger partial charge in [0.2, 0.25) is 5.91 Å². The maximum Gasteiger partial charge on any atom is 0.227 e. The van der Waals surface area contributed by atoms with E-state index in [4.69, 9.17) is 0 Å². The molecule has 1 amide bonds. The summed E-state index contributed by atoms with van der Waals surface area (Å²) in [6, 6.07) is 4.03. The van der Waals surface area contributed by atoms with E-state index in [0.29, 0.717) is 0 Å². The number of piperidine rings is 1. The van der Waals surface area contributed by atoms with Gasteiger partial charge in [0.05, 0.1) is 12.0 Å². The van der Waals surface area contributed by atoms with Crippen LogP contribution in [0.15, 0.2) is 24.5 Å². The molecule has 0 aromatic carbocycles. The number of rotatable bonds is 3. The minimum atomic E-state index is 0.0995. The summed E-state index contributed by atoms with van der Waals surface area (Å²) in [6.45, 7) is 3.91. The minimum absolute atomic E-state index is 0.0995. The largest absolute Gasteiger partial charge is 0.339 e. The molecule has 1 unspecified atom stereocenters. The van der Waals surface area contributed by atoms with Crippen molar-refractivity contribution >= 4 is 5.91 Å². The lowest BCUT2D eigenvalue weighted by atomic mass is 9.97. The molecule has 1 aromatic rings. The molecule has 0 saturated carbocycles. The number of hydrogen-bond acceptors (Lipinski definition) is 3. The van der Waals surface area contributed by atoms with Gasteiger partial charge in [0.15, 0.2) is 0 Å². The Morgan fingerprint density at radius 2 is 2.22 bits per heavy atom. The standard InChI is InChI=1S/C14H21N3O/c1-11(12-5-8-15-9-6-12)17(2)14(18)13-4-3-7-16-10-13/h5-6,8-9,11,13,16H,3-4,7,10H2,1-2H3/t11?,13-/m0/s1. The Hall–Kier alpha value is -1.42. The summed E-state index contributed by atoms with van der Waals surface area (Å²) in [5.74, 6) is 0.375. The quantitative estimate of drug-likeness (QED) is 0.882. The maximum absolute atomic E-state index is 12.4. The van der Waals surface area contributed by atoms with E-state index >= 15 is 0 Å². The molecule has 2 rings (SSSR count). The van der Waals surface area contributed by atoms with Gasteiger partial charge in [-0.15, -0.1) is 0 Å². The van der Waals surface area contributed by atoms with Crippen LogP contribution in [0, 0.1) is 5.92 Å². The number of amides is 1. The molecule has 1 aromatic heterocycles. The first-order valence-electron chi connectivity index (χ1n) is 6.57. The summed E-state index contributed by atoms with van der Waals surface area (Å²) >= 11 is 0. The number of carbonyl (C=O) groups is 1. The number of pyridine rings is 1. The first-order valence-corrected chi connectivity index (χ1v) is 6.57. The van der Waals surface area contributed by atoms with Crippen LogP contribution in [0.2, 0.25) is 0 Å². The van der Waals surface area contributed by atoms with Gasteiger partial charge >= 0.3 is 0 Å². The summed E-state index contributed by atoms with van der Waals surface area (Å²) in [5.41, 5.74) is 1.13. The third-order valence-electron chi connectivity index (χ3n) is 3.76. The van der Waals surface area contributed by atoms with E-state index in [0.717, 1.165) is 31.5 Å². The lowest BCUT2D eigenvalue weighted by Crippen LogP contribution is -2.42. The highest BCUT2D eigenvalue weighted by Gasteiger charge is 2.26. The Morgan fingerprint density at radius 3 is 2.83 bits per heavy atom. The summed E-state index contributed by atoms with van der Waals surface area (Å²) in [6.07, 6.45) is 5.63. The van der Waals surface area contributed by atoms with E-state index < -0.39 is 0 Å². The van der Waals surface area contributed by atoms with Crippen molar-refractivity contribution in [2.75, 3.05) is 20.1 Å². The van der Waals surface area contributed by atoms with Crippen LogP contribution >= 0.6 is 0 Å². The molecule has 1 aliphatic heterocycles. The molecule has 1 aliphatic rings. The van der Waals surface area contributed by atoms with Gasteiger partial charge in [-0.1, -0.05) is 0 Å². The van der Waals surface area contributed by atoms with Crippen LogP contribution in [0.1, 0.15) is 31.4 Å². The van der Waals surface area contributed by atoms with Gasteiger partial charge in [0, 0.05) is 26.0 Å². The molecule has 2 atom stereocenters. The van der Waals surface area contributed by atoms with E-state index in [1.807, 2.05) is 24.1 Å². The van der Waals surface area contributed by atoms with Crippen molar-refractivity contribution in [3.8, 4) is 0 Å². The van der Waals surface area contributed by atoms with Gasteiger partial charge in [-0.25, -0.2) is 0 Å². The highest BCUT2D eigenvalue weighted by molar-refractivity contribution is 5.79. The molecule has 1 saturated heterocycles. The van der Waals surface area contributed by atoms with E-state index in [1.165, 1.54) is 0 Å². The van der Waals surface area contributed by atoms with Crippen LogP contribution in [-0.4, -0.2) is 35.9 Å². The molecular formula is C14H21N3O. The molecule has 1 N–H and O–H groups in total. The van der Waals surface area contributed by atoms with Gasteiger partial charge in [0.1, 0.15) is 0 Å². The van der Waals surface area contributed by atoms with Gasteiger partial charge in [-0.05, 0) is 44.0 Å². The second kappa shape index (κ2) is 5.96. The summed E-state index contributed by atoms with van der Waals surface area (Å²) in [7, 11) is 1.89. The zero-order valence-corrected chi connectivity index (χ0v) is 11.1. The predicted octanol–water partition coefficient (Wildman–Crippen LogP) is 1.60. The fraction of sp³-hybridized carbons (Fsp3) is 0.571. The number of nitrogens with one attached hydrogen (secondary N) is 1. The third-order valence-corrected chi connectivity index (χ3v) is 3.76. The van der Waals surface area contributed by atoms with E-state index in [-0.39, 0.29) is 17.9 Å². The van der Waals surface area contributed by atoms with Gasteiger partial charge in [-0.2, -0.15) is 0 Å². The van der Waals surface area contributed by atoms with Crippen molar-refractivity contribution in [3.63, 3.8) is 0 Å².